The van der Waals surface area contributed by atoms with E-state index in [-0.39, 0.29) is 34.8 Å². The predicted octanol–water partition coefficient (Wildman–Crippen LogP) is 2.64. The molecule has 0 aliphatic carbocycles. The van der Waals surface area contributed by atoms with Crippen LogP contribution in [0.2, 0.25) is 0 Å². The Balaban J connectivity index is 2.20. The van der Waals surface area contributed by atoms with Gasteiger partial charge in [0.15, 0.2) is 0 Å². The first-order chi connectivity index (χ1) is 13.6. The number of esters is 1. The summed E-state index contributed by atoms with van der Waals surface area (Å²) in [6, 6.07) is 4.08. The highest BCUT2D eigenvalue weighted by atomic mass is 19.4. The highest BCUT2D eigenvalue weighted by molar-refractivity contribution is 5.94. The lowest BCUT2D eigenvalue weighted by Crippen LogP contribution is -2.35. The number of carbonyl (C=O) groups excluding carboxylic acids is 1. The molecule has 0 saturated heterocycles. The van der Waals surface area contributed by atoms with E-state index in [9.17, 15) is 27.6 Å². The summed E-state index contributed by atoms with van der Waals surface area (Å²) in [7, 11) is 0. The minimum atomic E-state index is -4.54. The average Bonchev–Trinajstić information content (AvgIpc) is 2.64. The average molecular weight is 407 g/mol. The van der Waals surface area contributed by atoms with Crippen LogP contribution in [-0.2, 0) is 15.7 Å². The standard InChI is InChI=1S/C19H16F3N3O4/c1-3-8-29-17(27)12-9(2)23-15-14(16(26)25-18(28)24-15)13(12)10-4-6-11(7-5-10)19(20,21)22/h3-7,13H,1,8H2,2H3,(H3,23,24,25,26,28). The molecule has 0 radical (unpaired) electrons. The van der Waals surface area contributed by atoms with Crippen LogP contribution >= 0.6 is 0 Å². The maximum atomic E-state index is 12.9. The zero-order chi connectivity index (χ0) is 21.3. The summed E-state index contributed by atoms with van der Waals surface area (Å²) in [5, 5.41) is 2.78. The number of aromatic nitrogens is 2. The fraction of sp³-hybridized carbons (Fsp3) is 0.211. The number of halogens is 3. The quantitative estimate of drug-likeness (QED) is 0.534. The molecule has 7 nitrogen and oxygen atoms in total. The number of benzene rings is 1. The predicted molar refractivity (Wildman–Crippen MR) is 98.4 cm³/mol. The third-order valence-electron chi connectivity index (χ3n) is 4.40. The third-order valence-corrected chi connectivity index (χ3v) is 4.40. The van der Waals surface area contributed by atoms with E-state index in [1.165, 1.54) is 25.1 Å². The Bertz CT molecular complexity index is 1110. The number of hydrogen-bond acceptors (Lipinski definition) is 5. The van der Waals surface area contributed by atoms with Gasteiger partial charge in [-0.2, -0.15) is 13.2 Å². The van der Waals surface area contributed by atoms with Gasteiger partial charge in [0.1, 0.15) is 12.4 Å². The summed E-state index contributed by atoms with van der Waals surface area (Å²) >= 11 is 0. The van der Waals surface area contributed by atoms with Crippen LogP contribution in [0.15, 0.2) is 57.8 Å². The normalized spacial score (nSPS) is 16.1. The minimum absolute atomic E-state index is 0.0134. The van der Waals surface area contributed by atoms with Gasteiger partial charge in [0.05, 0.1) is 22.6 Å². The van der Waals surface area contributed by atoms with Gasteiger partial charge in [-0.1, -0.05) is 24.8 Å². The molecule has 2 aromatic rings. The number of carbonyl (C=O) groups is 1. The zero-order valence-corrected chi connectivity index (χ0v) is 15.1. The van der Waals surface area contributed by atoms with Gasteiger partial charge in [-0.25, -0.2) is 9.59 Å². The van der Waals surface area contributed by atoms with E-state index in [1.807, 2.05) is 0 Å². The van der Waals surface area contributed by atoms with Crippen LogP contribution in [0.1, 0.15) is 29.5 Å². The second-order valence-corrected chi connectivity index (χ2v) is 6.30. The van der Waals surface area contributed by atoms with Gasteiger partial charge in [-0.3, -0.25) is 14.8 Å². The molecular formula is C19H16F3N3O4. The Hall–Kier alpha value is -3.56. The molecule has 0 fully saturated rings. The van der Waals surface area contributed by atoms with Crippen molar-refractivity contribution in [2.24, 2.45) is 0 Å². The Morgan fingerprint density at radius 3 is 2.45 bits per heavy atom. The summed E-state index contributed by atoms with van der Waals surface area (Å²) in [5.74, 6) is -1.76. The number of anilines is 1. The van der Waals surface area contributed by atoms with Crippen molar-refractivity contribution in [2.75, 3.05) is 11.9 Å². The van der Waals surface area contributed by atoms with Crippen molar-refractivity contribution in [1.29, 1.82) is 0 Å². The summed E-state index contributed by atoms with van der Waals surface area (Å²) in [4.78, 5) is 41.3. The van der Waals surface area contributed by atoms with Crippen LogP contribution in [0.25, 0.3) is 0 Å². The van der Waals surface area contributed by atoms with Crippen molar-refractivity contribution in [1.82, 2.24) is 9.97 Å². The number of ether oxygens (including phenoxy) is 1. The lowest BCUT2D eigenvalue weighted by molar-refractivity contribution is -0.138. The van der Waals surface area contributed by atoms with Gasteiger partial charge in [0, 0.05) is 5.70 Å². The van der Waals surface area contributed by atoms with Gasteiger partial charge >= 0.3 is 17.8 Å². The molecule has 1 aliphatic heterocycles. The summed E-state index contributed by atoms with van der Waals surface area (Å²) in [6.07, 6.45) is -3.18. The first-order valence-corrected chi connectivity index (χ1v) is 8.43. The third kappa shape index (κ3) is 3.86. The second-order valence-electron chi connectivity index (χ2n) is 6.30. The van der Waals surface area contributed by atoms with Crippen LogP contribution in [0, 0.1) is 0 Å². The molecule has 1 aromatic heterocycles. The molecule has 3 rings (SSSR count). The summed E-state index contributed by atoms with van der Waals surface area (Å²) in [5.41, 5.74) is -1.85. The number of aromatic amines is 2. The van der Waals surface area contributed by atoms with Crippen LogP contribution in [0.4, 0.5) is 19.0 Å². The molecule has 1 aromatic carbocycles. The van der Waals surface area contributed by atoms with E-state index >= 15 is 0 Å². The molecule has 152 valence electrons. The number of rotatable bonds is 4. The van der Waals surface area contributed by atoms with Crippen LogP contribution in [0.3, 0.4) is 0 Å². The molecule has 1 aliphatic rings. The number of hydrogen-bond donors (Lipinski definition) is 3. The molecule has 1 unspecified atom stereocenters. The van der Waals surface area contributed by atoms with Crippen molar-refractivity contribution < 1.29 is 22.7 Å². The van der Waals surface area contributed by atoms with Gasteiger partial charge < -0.3 is 10.1 Å². The molecule has 29 heavy (non-hydrogen) atoms. The van der Waals surface area contributed by atoms with Crippen molar-refractivity contribution in [3.05, 3.63) is 85.7 Å². The highest BCUT2D eigenvalue weighted by Crippen LogP contribution is 2.40. The first kappa shape index (κ1) is 20.2. The monoisotopic (exact) mass is 407 g/mol. The molecule has 3 N–H and O–H groups in total. The summed E-state index contributed by atoms with van der Waals surface area (Å²) < 4.78 is 43.8. The van der Waals surface area contributed by atoms with E-state index in [0.29, 0.717) is 0 Å². The fourth-order valence-electron chi connectivity index (χ4n) is 3.17. The SMILES string of the molecule is C=CCOC(=O)C1=C(C)Nc2[nH]c(=O)[nH]c(=O)c2C1c1ccc(C(F)(F)F)cc1. The molecule has 0 amide bonds. The maximum absolute atomic E-state index is 12.9. The van der Waals surface area contributed by atoms with E-state index in [2.05, 4.69) is 21.9 Å². The second kappa shape index (κ2) is 7.46. The van der Waals surface area contributed by atoms with Crippen molar-refractivity contribution in [3.63, 3.8) is 0 Å². The molecule has 2 heterocycles. The maximum Gasteiger partial charge on any atom is 0.416 e. The van der Waals surface area contributed by atoms with Gasteiger partial charge in [-0.05, 0) is 24.6 Å². The van der Waals surface area contributed by atoms with E-state index in [4.69, 9.17) is 4.74 Å². The highest BCUT2D eigenvalue weighted by Gasteiger charge is 2.37. The fourth-order valence-corrected chi connectivity index (χ4v) is 3.17. The van der Waals surface area contributed by atoms with Gasteiger partial charge in [-0.15, -0.1) is 0 Å². The van der Waals surface area contributed by atoms with Crippen LogP contribution in [0.5, 0.6) is 0 Å². The van der Waals surface area contributed by atoms with Gasteiger partial charge in [0.2, 0.25) is 0 Å². The van der Waals surface area contributed by atoms with E-state index < -0.39 is 34.9 Å². The lowest BCUT2D eigenvalue weighted by atomic mass is 9.82. The number of fused-ring (bicyclic) bond motifs is 1. The zero-order valence-electron chi connectivity index (χ0n) is 15.1. The smallest absolute Gasteiger partial charge is 0.416 e. The van der Waals surface area contributed by atoms with Crippen molar-refractivity contribution in [3.8, 4) is 0 Å². The van der Waals surface area contributed by atoms with Crippen LogP contribution < -0.4 is 16.6 Å². The lowest BCUT2D eigenvalue weighted by Gasteiger charge is -2.28. The molecule has 10 heteroatoms. The number of allylic oxidation sites excluding steroid dienone is 1. The van der Waals surface area contributed by atoms with E-state index in [1.54, 1.807) is 0 Å². The Labute approximate surface area is 161 Å². The topological polar surface area (TPSA) is 104 Å². The number of alkyl halides is 3. The Morgan fingerprint density at radius 1 is 1.21 bits per heavy atom. The van der Waals surface area contributed by atoms with Crippen molar-refractivity contribution in [2.45, 2.75) is 19.0 Å². The molecule has 0 saturated carbocycles. The first-order valence-electron chi connectivity index (χ1n) is 8.43. The minimum Gasteiger partial charge on any atom is -0.458 e. The molecule has 0 spiro atoms. The molecule has 1 atom stereocenters. The summed E-state index contributed by atoms with van der Waals surface area (Å²) in [6.45, 7) is 4.89. The Morgan fingerprint density at radius 2 is 1.86 bits per heavy atom. The van der Waals surface area contributed by atoms with Crippen molar-refractivity contribution >= 4 is 11.8 Å². The Kier molecular flexibility index (Phi) is 5.19. The number of nitrogens with one attached hydrogen (secondary N) is 3. The van der Waals surface area contributed by atoms with Crippen LogP contribution in [-0.4, -0.2) is 22.5 Å². The number of H-pyrrole nitrogens is 2. The molecule has 0 bridgehead atoms. The molecular weight excluding hydrogens is 391 g/mol. The van der Waals surface area contributed by atoms with Gasteiger partial charge in [0.25, 0.3) is 5.56 Å². The largest absolute Gasteiger partial charge is 0.458 e. The van der Waals surface area contributed by atoms with E-state index in [0.717, 1.165) is 12.1 Å².